The highest BCUT2D eigenvalue weighted by Gasteiger charge is 2.41. The maximum atomic E-state index is 7.05. The zero-order chi connectivity index (χ0) is 22.5. The molecule has 0 aromatic heterocycles. The van der Waals surface area contributed by atoms with Crippen LogP contribution in [0.3, 0.4) is 0 Å². The monoisotopic (exact) mass is 452 g/mol. The van der Waals surface area contributed by atoms with E-state index in [0.29, 0.717) is 17.9 Å². The van der Waals surface area contributed by atoms with Crippen molar-refractivity contribution in [1.82, 2.24) is 10.6 Å². The molecule has 174 valence electrons. The van der Waals surface area contributed by atoms with Crippen LogP contribution in [-0.4, -0.2) is 11.4 Å². The molecule has 1 fully saturated rings. The molecule has 2 N–H and O–H groups in total. The summed E-state index contributed by atoms with van der Waals surface area (Å²) in [6.45, 7) is 9.58. The highest BCUT2D eigenvalue weighted by molar-refractivity contribution is 6.21. The zero-order valence-corrected chi connectivity index (χ0v) is 21.2. The van der Waals surface area contributed by atoms with Crippen molar-refractivity contribution in [1.29, 1.82) is 0 Å². The predicted octanol–water partition coefficient (Wildman–Crippen LogP) is 7.51. The first-order valence-corrected chi connectivity index (χ1v) is 13.4. The van der Waals surface area contributed by atoms with Gasteiger partial charge in [-0.3, -0.25) is 0 Å². The fourth-order valence-corrected chi connectivity index (χ4v) is 7.31. The standard InChI is InChI=1S/C29H41ClN2/c1-28(2)21-9-5-7-11-23(21)31-25(28)17-15-19-13-14-20(27(19)30)16-18-26-29(3,4)22-10-6-8-12-24(22)32-26/h7,11,16-20,26-27,31-32H,5-6,8-10,12-15H2,1-4H3/b18-16+,25-17-. The van der Waals surface area contributed by atoms with Gasteiger partial charge in [-0.25, -0.2) is 0 Å². The lowest BCUT2D eigenvalue weighted by molar-refractivity contribution is 0.385. The SMILES string of the molecule is CC1(C)C2=C(C=CCC2)N/C1=C\CC1CCC(/C=C/C2NC3=C(CCCC3)C2(C)C)C1Cl. The van der Waals surface area contributed by atoms with Gasteiger partial charge in [-0.15, -0.1) is 11.6 Å². The summed E-state index contributed by atoms with van der Waals surface area (Å²) in [6, 6.07) is 0.421. The highest BCUT2D eigenvalue weighted by atomic mass is 35.5. The highest BCUT2D eigenvalue weighted by Crippen LogP contribution is 2.47. The van der Waals surface area contributed by atoms with Gasteiger partial charge in [-0.05, 0) is 86.8 Å². The number of hydrogen-bond acceptors (Lipinski definition) is 2. The molecule has 5 aliphatic rings. The van der Waals surface area contributed by atoms with Crippen molar-refractivity contribution in [3.05, 3.63) is 58.6 Å². The smallest absolute Gasteiger partial charge is 0.0530 e. The van der Waals surface area contributed by atoms with Crippen molar-refractivity contribution in [2.45, 2.75) is 96.9 Å². The van der Waals surface area contributed by atoms with Crippen LogP contribution in [0.2, 0.25) is 0 Å². The topological polar surface area (TPSA) is 24.1 Å². The van der Waals surface area contributed by atoms with Gasteiger partial charge in [0.15, 0.2) is 0 Å². The van der Waals surface area contributed by atoms with Crippen molar-refractivity contribution < 1.29 is 0 Å². The van der Waals surface area contributed by atoms with Crippen molar-refractivity contribution in [3.63, 3.8) is 0 Å². The Morgan fingerprint density at radius 3 is 2.62 bits per heavy atom. The van der Waals surface area contributed by atoms with Crippen molar-refractivity contribution in [3.8, 4) is 0 Å². The number of nitrogens with one attached hydrogen (secondary N) is 2. The van der Waals surface area contributed by atoms with Crippen molar-refractivity contribution >= 4 is 11.6 Å². The largest absolute Gasteiger partial charge is 0.381 e. The molecule has 0 aromatic rings. The first-order chi connectivity index (χ1) is 15.3. The molecule has 5 rings (SSSR count). The van der Waals surface area contributed by atoms with E-state index in [0.717, 1.165) is 6.42 Å². The summed E-state index contributed by atoms with van der Waals surface area (Å²) in [4.78, 5) is 0. The minimum absolute atomic E-state index is 0.131. The third kappa shape index (κ3) is 3.81. The second-order valence-electron chi connectivity index (χ2n) is 11.8. The lowest BCUT2D eigenvalue weighted by Crippen LogP contribution is -2.33. The molecular formula is C29H41ClN2. The second-order valence-corrected chi connectivity index (χ2v) is 12.3. The van der Waals surface area contributed by atoms with E-state index in [9.17, 15) is 0 Å². The lowest BCUT2D eigenvalue weighted by Gasteiger charge is -2.29. The van der Waals surface area contributed by atoms with E-state index >= 15 is 0 Å². The molecule has 0 bridgehead atoms. The fourth-order valence-electron chi connectivity index (χ4n) is 6.87. The van der Waals surface area contributed by atoms with Crippen LogP contribution in [0, 0.1) is 22.7 Å². The Labute approximate surface area is 200 Å². The molecule has 0 aromatic carbocycles. The average Bonchev–Trinajstić information content (AvgIpc) is 3.35. The normalized spacial score (nSPS) is 36.6. The van der Waals surface area contributed by atoms with E-state index in [1.165, 1.54) is 68.5 Å². The van der Waals surface area contributed by atoms with E-state index < -0.39 is 0 Å². The summed E-state index contributed by atoms with van der Waals surface area (Å²) in [7, 11) is 0. The average molecular weight is 453 g/mol. The third-order valence-corrected chi connectivity index (χ3v) is 9.81. The molecule has 2 aliphatic heterocycles. The van der Waals surface area contributed by atoms with E-state index in [4.69, 9.17) is 11.6 Å². The van der Waals surface area contributed by atoms with Crippen LogP contribution in [0.5, 0.6) is 0 Å². The molecule has 4 unspecified atom stereocenters. The molecule has 32 heavy (non-hydrogen) atoms. The number of alkyl halides is 1. The van der Waals surface area contributed by atoms with Gasteiger partial charge in [0, 0.05) is 33.3 Å². The fraction of sp³-hybridized carbons (Fsp3) is 0.655. The second kappa shape index (κ2) is 8.42. The summed E-state index contributed by atoms with van der Waals surface area (Å²) in [5.74, 6) is 1.06. The van der Waals surface area contributed by atoms with E-state index in [1.54, 1.807) is 11.1 Å². The van der Waals surface area contributed by atoms with E-state index in [-0.39, 0.29) is 16.2 Å². The number of rotatable bonds is 4. The van der Waals surface area contributed by atoms with Crippen LogP contribution in [0.1, 0.15) is 85.5 Å². The predicted molar refractivity (Wildman–Crippen MR) is 136 cm³/mol. The number of halogens is 1. The number of hydrogen-bond donors (Lipinski definition) is 2. The third-order valence-electron chi connectivity index (χ3n) is 9.13. The maximum absolute atomic E-state index is 7.05. The van der Waals surface area contributed by atoms with Crippen LogP contribution < -0.4 is 10.6 Å². The van der Waals surface area contributed by atoms with Crippen LogP contribution in [-0.2, 0) is 0 Å². The van der Waals surface area contributed by atoms with Crippen molar-refractivity contribution in [2.75, 3.05) is 0 Å². The maximum Gasteiger partial charge on any atom is 0.0530 e. The molecular weight excluding hydrogens is 412 g/mol. The molecule has 0 spiro atoms. The van der Waals surface area contributed by atoms with Gasteiger partial charge in [0.1, 0.15) is 0 Å². The Hall–Kier alpha value is -1.41. The van der Waals surface area contributed by atoms with Crippen LogP contribution in [0.25, 0.3) is 0 Å². The Kier molecular flexibility index (Phi) is 5.89. The molecule has 1 saturated carbocycles. The van der Waals surface area contributed by atoms with E-state index in [2.05, 4.69) is 68.7 Å². The minimum atomic E-state index is 0.131. The van der Waals surface area contributed by atoms with Crippen LogP contribution in [0.15, 0.2) is 58.6 Å². The number of allylic oxidation sites excluding steroid dienone is 6. The Balaban J connectivity index is 1.20. The van der Waals surface area contributed by atoms with Gasteiger partial charge < -0.3 is 10.6 Å². The van der Waals surface area contributed by atoms with Gasteiger partial charge in [0.05, 0.1) is 6.04 Å². The first kappa shape index (κ1) is 22.4. The molecule has 0 amide bonds. The van der Waals surface area contributed by atoms with Gasteiger partial charge in [0.2, 0.25) is 0 Å². The molecule has 0 radical (unpaired) electrons. The van der Waals surface area contributed by atoms with Crippen LogP contribution >= 0.6 is 11.6 Å². The summed E-state index contributed by atoms with van der Waals surface area (Å²) in [5, 5.41) is 7.80. The molecule has 4 atom stereocenters. The van der Waals surface area contributed by atoms with Crippen molar-refractivity contribution in [2.24, 2.45) is 22.7 Å². The first-order valence-electron chi connectivity index (χ1n) is 13.0. The molecule has 2 nitrogen and oxygen atoms in total. The quantitative estimate of drug-likeness (QED) is 0.340. The molecule has 0 saturated heterocycles. The van der Waals surface area contributed by atoms with Gasteiger partial charge in [-0.1, -0.05) is 52.0 Å². The zero-order valence-electron chi connectivity index (χ0n) is 20.4. The summed E-state index contributed by atoms with van der Waals surface area (Å²) >= 11 is 7.05. The van der Waals surface area contributed by atoms with Gasteiger partial charge >= 0.3 is 0 Å². The summed E-state index contributed by atoms with van der Waals surface area (Å²) < 4.78 is 0. The lowest BCUT2D eigenvalue weighted by atomic mass is 9.75. The van der Waals surface area contributed by atoms with Crippen LogP contribution in [0.4, 0.5) is 0 Å². The van der Waals surface area contributed by atoms with Gasteiger partial charge in [0.25, 0.3) is 0 Å². The Morgan fingerprint density at radius 2 is 1.84 bits per heavy atom. The minimum Gasteiger partial charge on any atom is -0.381 e. The van der Waals surface area contributed by atoms with Gasteiger partial charge in [-0.2, -0.15) is 0 Å². The summed E-state index contributed by atoms with van der Waals surface area (Å²) in [6.07, 6.45) is 23.0. The molecule has 3 heteroatoms. The molecule has 3 aliphatic carbocycles. The Morgan fingerprint density at radius 1 is 1.03 bits per heavy atom. The summed E-state index contributed by atoms with van der Waals surface area (Å²) in [5.41, 5.74) is 7.86. The molecule has 2 heterocycles. The van der Waals surface area contributed by atoms with E-state index in [1.807, 2.05) is 0 Å². The Bertz CT molecular complexity index is 913.